The summed E-state index contributed by atoms with van der Waals surface area (Å²) in [5, 5.41) is 3.91. The van der Waals surface area contributed by atoms with Crippen LogP contribution in [0.1, 0.15) is 19.3 Å². The number of nitrogens with one attached hydrogen (secondary N) is 1. The first-order chi connectivity index (χ1) is 9.40. The van der Waals surface area contributed by atoms with Gasteiger partial charge in [-0.3, -0.25) is 4.79 Å². The van der Waals surface area contributed by atoms with E-state index in [0.717, 1.165) is 6.42 Å². The van der Waals surface area contributed by atoms with Gasteiger partial charge in [0.05, 0.1) is 37.9 Å². The standard InChI is InChI=1S/C12H12Cl5NO2/c1-20-6(19)4-2-3-5-18-12-10(16)8(14)7(13)9(15)11(12)17/h18H,2-5H2,1H3. The number of rotatable bonds is 6. The lowest BCUT2D eigenvalue weighted by Crippen LogP contribution is -2.05. The van der Waals surface area contributed by atoms with Gasteiger partial charge in [-0.1, -0.05) is 58.0 Å². The Balaban J connectivity index is 2.63. The Morgan fingerprint density at radius 1 is 0.950 bits per heavy atom. The first-order valence-corrected chi connectivity index (χ1v) is 7.61. The van der Waals surface area contributed by atoms with E-state index in [-0.39, 0.29) is 31.1 Å². The van der Waals surface area contributed by atoms with Crippen LogP contribution in [0.4, 0.5) is 5.69 Å². The van der Waals surface area contributed by atoms with Crippen LogP contribution in [0.25, 0.3) is 0 Å². The first kappa shape index (κ1) is 18.0. The number of ether oxygens (including phenoxy) is 1. The van der Waals surface area contributed by atoms with Crippen LogP contribution >= 0.6 is 58.0 Å². The van der Waals surface area contributed by atoms with E-state index in [1.807, 2.05) is 0 Å². The quantitative estimate of drug-likeness (QED) is 0.298. The van der Waals surface area contributed by atoms with Crippen molar-refractivity contribution in [3.8, 4) is 0 Å². The fourth-order valence-electron chi connectivity index (χ4n) is 1.47. The van der Waals surface area contributed by atoms with Gasteiger partial charge in [-0.25, -0.2) is 0 Å². The van der Waals surface area contributed by atoms with Crippen LogP contribution in [0.5, 0.6) is 0 Å². The molecule has 0 saturated heterocycles. The Morgan fingerprint density at radius 2 is 1.45 bits per heavy atom. The van der Waals surface area contributed by atoms with Gasteiger partial charge < -0.3 is 10.1 Å². The largest absolute Gasteiger partial charge is 0.469 e. The molecule has 1 N–H and O–H groups in total. The Bertz CT molecular complexity index is 478. The zero-order valence-electron chi connectivity index (χ0n) is 10.5. The minimum atomic E-state index is -0.237. The molecule has 112 valence electrons. The monoisotopic (exact) mass is 377 g/mol. The van der Waals surface area contributed by atoms with Crippen LogP contribution in [-0.4, -0.2) is 19.6 Å². The molecule has 0 radical (unpaired) electrons. The molecule has 1 rings (SSSR count). The van der Waals surface area contributed by atoms with Gasteiger partial charge in [0.15, 0.2) is 0 Å². The van der Waals surface area contributed by atoms with Gasteiger partial charge in [-0.15, -0.1) is 0 Å². The van der Waals surface area contributed by atoms with Crippen LogP contribution in [0.2, 0.25) is 25.1 Å². The van der Waals surface area contributed by atoms with E-state index in [0.29, 0.717) is 25.1 Å². The molecule has 0 amide bonds. The summed E-state index contributed by atoms with van der Waals surface area (Å²) >= 11 is 29.9. The van der Waals surface area contributed by atoms with Gasteiger partial charge in [0.2, 0.25) is 0 Å². The number of carbonyl (C=O) groups excluding carboxylic acids is 1. The van der Waals surface area contributed by atoms with E-state index < -0.39 is 0 Å². The lowest BCUT2D eigenvalue weighted by atomic mass is 10.2. The molecule has 0 aliphatic heterocycles. The average Bonchev–Trinajstić information content (AvgIpc) is 2.45. The fourth-order valence-corrected chi connectivity index (χ4v) is 2.74. The SMILES string of the molecule is COC(=O)CCCCNc1c(Cl)c(Cl)c(Cl)c(Cl)c1Cl. The molecular formula is C12H12Cl5NO2. The van der Waals surface area contributed by atoms with Gasteiger partial charge in [0.25, 0.3) is 0 Å². The summed E-state index contributed by atoms with van der Waals surface area (Å²) in [5.74, 6) is -0.237. The molecule has 0 saturated carbocycles. The lowest BCUT2D eigenvalue weighted by Gasteiger charge is -2.14. The maximum Gasteiger partial charge on any atom is 0.305 e. The average molecular weight is 379 g/mol. The zero-order valence-corrected chi connectivity index (χ0v) is 14.3. The smallest absolute Gasteiger partial charge is 0.305 e. The third-order valence-corrected chi connectivity index (χ3v) is 4.82. The second kappa shape index (κ2) is 8.40. The van der Waals surface area contributed by atoms with Crippen molar-refractivity contribution in [2.24, 2.45) is 0 Å². The number of anilines is 1. The molecule has 1 aromatic carbocycles. The molecule has 0 unspecified atom stereocenters. The minimum absolute atomic E-state index is 0.125. The molecule has 3 nitrogen and oxygen atoms in total. The number of benzene rings is 1. The predicted octanol–water partition coefficient (Wildman–Crippen LogP) is 5.71. The van der Waals surface area contributed by atoms with E-state index in [1.165, 1.54) is 7.11 Å². The van der Waals surface area contributed by atoms with Crippen LogP contribution in [0, 0.1) is 0 Å². The summed E-state index contributed by atoms with van der Waals surface area (Å²) in [6, 6.07) is 0. The molecule has 0 aliphatic carbocycles. The van der Waals surface area contributed by atoms with Gasteiger partial charge in [-0.05, 0) is 12.8 Å². The van der Waals surface area contributed by atoms with Crippen LogP contribution in [-0.2, 0) is 9.53 Å². The minimum Gasteiger partial charge on any atom is -0.469 e. The number of unbranched alkanes of at least 4 members (excludes halogenated alkanes) is 1. The van der Waals surface area contributed by atoms with E-state index in [4.69, 9.17) is 58.0 Å². The predicted molar refractivity (Wildman–Crippen MR) is 85.8 cm³/mol. The number of methoxy groups -OCH3 is 1. The van der Waals surface area contributed by atoms with E-state index in [9.17, 15) is 4.79 Å². The Kier molecular flexibility index (Phi) is 7.56. The second-order valence-electron chi connectivity index (χ2n) is 3.90. The third-order valence-electron chi connectivity index (χ3n) is 2.55. The van der Waals surface area contributed by atoms with E-state index in [1.54, 1.807) is 0 Å². The van der Waals surface area contributed by atoms with Crippen molar-refractivity contribution in [1.29, 1.82) is 0 Å². The van der Waals surface area contributed by atoms with Gasteiger partial charge in [0.1, 0.15) is 0 Å². The maximum atomic E-state index is 10.9. The summed E-state index contributed by atoms with van der Waals surface area (Å²) in [6.07, 6.45) is 1.78. The first-order valence-electron chi connectivity index (χ1n) is 5.72. The normalized spacial score (nSPS) is 10.5. The third kappa shape index (κ3) is 4.47. The molecular weight excluding hydrogens is 367 g/mol. The molecule has 0 spiro atoms. The van der Waals surface area contributed by atoms with E-state index in [2.05, 4.69) is 10.1 Å². The highest BCUT2D eigenvalue weighted by Gasteiger charge is 2.18. The van der Waals surface area contributed by atoms with Gasteiger partial charge in [0, 0.05) is 13.0 Å². The van der Waals surface area contributed by atoms with Crippen molar-refractivity contribution >= 4 is 69.7 Å². The van der Waals surface area contributed by atoms with Crippen LogP contribution in [0.15, 0.2) is 0 Å². The molecule has 0 fully saturated rings. The molecule has 0 heterocycles. The van der Waals surface area contributed by atoms with Crippen molar-refractivity contribution < 1.29 is 9.53 Å². The molecule has 0 aliphatic rings. The van der Waals surface area contributed by atoms with Crippen LogP contribution in [0.3, 0.4) is 0 Å². The molecule has 20 heavy (non-hydrogen) atoms. The summed E-state index contributed by atoms with van der Waals surface area (Å²) in [6.45, 7) is 0.560. The highest BCUT2D eigenvalue weighted by molar-refractivity contribution is 6.56. The number of hydrogen-bond acceptors (Lipinski definition) is 3. The zero-order chi connectivity index (χ0) is 15.3. The molecule has 0 atom stereocenters. The molecule has 0 bridgehead atoms. The van der Waals surface area contributed by atoms with Crippen molar-refractivity contribution in [3.05, 3.63) is 25.1 Å². The summed E-state index contributed by atoms with van der Waals surface area (Å²) in [5.41, 5.74) is 0.436. The molecule has 8 heteroatoms. The maximum absolute atomic E-state index is 10.9. The molecule has 1 aromatic rings. The summed E-state index contributed by atoms with van der Waals surface area (Å²) < 4.78 is 4.55. The van der Waals surface area contributed by atoms with Gasteiger partial charge >= 0.3 is 5.97 Å². The Hall–Kier alpha value is -0.0600. The van der Waals surface area contributed by atoms with Crippen molar-refractivity contribution in [1.82, 2.24) is 0 Å². The van der Waals surface area contributed by atoms with E-state index >= 15 is 0 Å². The molecule has 0 aromatic heterocycles. The van der Waals surface area contributed by atoms with Crippen molar-refractivity contribution in [2.45, 2.75) is 19.3 Å². The summed E-state index contributed by atoms with van der Waals surface area (Å²) in [7, 11) is 1.36. The number of hydrogen-bond donors (Lipinski definition) is 1. The highest BCUT2D eigenvalue weighted by Crippen LogP contribution is 2.46. The van der Waals surface area contributed by atoms with Crippen molar-refractivity contribution in [2.75, 3.05) is 19.0 Å². The van der Waals surface area contributed by atoms with Gasteiger partial charge in [-0.2, -0.15) is 0 Å². The fraction of sp³-hybridized carbons (Fsp3) is 0.417. The van der Waals surface area contributed by atoms with Crippen molar-refractivity contribution in [3.63, 3.8) is 0 Å². The highest BCUT2D eigenvalue weighted by atomic mass is 35.5. The second-order valence-corrected chi connectivity index (χ2v) is 5.79. The lowest BCUT2D eigenvalue weighted by molar-refractivity contribution is -0.140. The number of halogens is 5. The Morgan fingerprint density at radius 3 is 1.95 bits per heavy atom. The number of carbonyl (C=O) groups is 1. The van der Waals surface area contributed by atoms with Crippen LogP contribution < -0.4 is 5.32 Å². The summed E-state index contributed by atoms with van der Waals surface area (Å²) in [4.78, 5) is 10.9. The Labute approximate surface area is 142 Å². The number of esters is 1. The topological polar surface area (TPSA) is 38.3 Å².